The van der Waals surface area contributed by atoms with E-state index in [1.165, 1.54) is 0 Å². The van der Waals surface area contributed by atoms with Crippen LogP contribution in [0.3, 0.4) is 0 Å². The number of nitrogens with zero attached hydrogens (tertiary/aromatic N) is 2. The van der Waals surface area contributed by atoms with E-state index in [1.807, 2.05) is 30.3 Å². The third-order valence-corrected chi connectivity index (χ3v) is 10.4. The number of ether oxygens (including phenoxy) is 1. The standard InChI is InChI=1S/C32H52N2O4/c1-28(2)18-23(19-29(3,4)33(28)10)32(9,24-20-30(5,6)34(11)31(7,8)21-24)38-27(37)25(26(35)36)17-22-15-13-12-14-16-22/h12-16,23-25H,17-21H2,1-11H3,(H,35,36). The fourth-order valence-electron chi connectivity index (χ4n) is 7.46. The third kappa shape index (κ3) is 5.96. The second-order valence-corrected chi connectivity index (χ2v) is 14.8. The lowest BCUT2D eigenvalue weighted by atomic mass is 9.59. The first-order valence-electron chi connectivity index (χ1n) is 14.2. The fraction of sp³-hybridized carbons (Fsp3) is 0.750. The van der Waals surface area contributed by atoms with E-state index >= 15 is 0 Å². The molecule has 2 heterocycles. The molecule has 1 N–H and O–H groups in total. The van der Waals surface area contributed by atoms with E-state index in [0.717, 1.165) is 31.2 Å². The van der Waals surface area contributed by atoms with Crippen molar-refractivity contribution in [3.63, 3.8) is 0 Å². The number of hydrogen-bond acceptors (Lipinski definition) is 5. The molecule has 1 aromatic rings. The van der Waals surface area contributed by atoms with E-state index in [9.17, 15) is 14.7 Å². The molecule has 3 rings (SSSR count). The van der Waals surface area contributed by atoms with Crippen LogP contribution in [0.4, 0.5) is 0 Å². The van der Waals surface area contributed by atoms with Gasteiger partial charge in [0.05, 0.1) is 0 Å². The van der Waals surface area contributed by atoms with Gasteiger partial charge in [0, 0.05) is 34.0 Å². The van der Waals surface area contributed by atoms with Gasteiger partial charge in [-0.15, -0.1) is 0 Å². The number of carboxylic acids is 1. The van der Waals surface area contributed by atoms with Gasteiger partial charge in [-0.3, -0.25) is 19.4 Å². The molecule has 38 heavy (non-hydrogen) atoms. The van der Waals surface area contributed by atoms with Gasteiger partial charge in [0.1, 0.15) is 5.60 Å². The van der Waals surface area contributed by atoms with Crippen LogP contribution in [0.5, 0.6) is 0 Å². The quantitative estimate of drug-likeness (QED) is 0.344. The number of benzene rings is 1. The van der Waals surface area contributed by atoms with Crippen LogP contribution in [0.25, 0.3) is 0 Å². The predicted octanol–water partition coefficient (Wildman–Crippen LogP) is 6.03. The molecule has 0 aliphatic carbocycles. The molecular formula is C32H52N2O4. The summed E-state index contributed by atoms with van der Waals surface area (Å²) in [5, 5.41) is 10.1. The molecule has 2 fully saturated rings. The Kier molecular flexibility index (Phi) is 8.25. The van der Waals surface area contributed by atoms with Crippen molar-refractivity contribution in [2.75, 3.05) is 14.1 Å². The minimum absolute atomic E-state index is 0.0905. The first-order valence-corrected chi connectivity index (χ1v) is 14.2. The summed E-state index contributed by atoms with van der Waals surface area (Å²) in [4.78, 5) is 31.1. The maximum Gasteiger partial charge on any atom is 0.321 e. The summed E-state index contributed by atoms with van der Waals surface area (Å²) in [6.07, 6.45) is 3.63. The molecule has 2 saturated heterocycles. The lowest BCUT2D eigenvalue weighted by Gasteiger charge is -2.61. The molecule has 6 heteroatoms. The van der Waals surface area contributed by atoms with Gasteiger partial charge < -0.3 is 9.84 Å². The normalized spacial score (nSPS) is 25.0. The summed E-state index contributed by atoms with van der Waals surface area (Å²) >= 11 is 0. The first kappa shape index (κ1) is 30.6. The Morgan fingerprint density at radius 2 is 1.21 bits per heavy atom. The largest absolute Gasteiger partial charge is 0.481 e. The summed E-state index contributed by atoms with van der Waals surface area (Å²) in [7, 11) is 4.36. The zero-order valence-electron chi connectivity index (χ0n) is 25.7. The van der Waals surface area contributed by atoms with E-state index in [4.69, 9.17) is 4.74 Å². The molecule has 0 spiro atoms. The summed E-state index contributed by atoms with van der Waals surface area (Å²) in [5.41, 5.74) is -0.339. The van der Waals surface area contributed by atoms with Crippen LogP contribution >= 0.6 is 0 Å². The Labute approximate surface area is 231 Å². The maximum atomic E-state index is 13.8. The van der Waals surface area contributed by atoms with Gasteiger partial charge in [-0.2, -0.15) is 0 Å². The molecule has 0 radical (unpaired) electrons. The highest BCUT2D eigenvalue weighted by atomic mass is 16.6. The van der Waals surface area contributed by atoms with Crippen molar-refractivity contribution in [3.05, 3.63) is 35.9 Å². The number of carbonyl (C=O) groups is 2. The fourth-order valence-corrected chi connectivity index (χ4v) is 7.46. The van der Waals surface area contributed by atoms with Gasteiger partial charge in [0.15, 0.2) is 5.92 Å². The molecule has 2 aliphatic rings. The zero-order chi connectivity index (χ0) is 28.9. The van der Waals surface area contributed by atoms with Gasteiger partial charge in [-0.05, 0) is 114 Å². The second kappa shape index (κ2) is 10.2. The van der Waals surface area contributed by atoms with Crippen LogP contribution in [0.15, 0.2) is 30.3 Å². The first-order chi connectivity index (χ1) is 17.2. The maximum absolute atomic E-state index is 13.8. The van der Waals surface area contributed by atoms with Crippen molar-refractivity contribution >= 4 is 11.9 Å². The van der Waals surface area contributed by atoms with Crippen LogP contribution in [0.2, 0.25) is 0 Å². The molecule has 2 aliphatic heterocycles. The Hall–Kier alpha value is -1.92. The summed E-state index contributed by atoms with van der Waals surface area (Å²) in [6.45, 7) is 20.2. The van der Waals surface area contributed by atoms with E-state index in [-0.39, 0.29) is 40.4 Å². The van der Waals surface area contributed by atoms with Gasteiger partial charge in [-0.25, -0.2) is 0 Å². The number of rotatable bonds is 7. The second-order valence-electron chi connectivity index (χ2n) is 14.8. The summed E-state index contributed by atoms with van der Waals surface area (Å²) < 4.78 is 6.60. The number of likely N-dealkylation sites (tertiary alicyclic amines) is 2. The molecule has 1 aromatic carbocycles. The predicted molar refractivity (Wildman–Crippen MR) is 153 cm³/mol. The molecule has 6 nitrogen and oxygen atoms in total. The molecule has 1 atom stereocenters. The Morgan fingerprint density at radius 3 is 1.55 bits per heavy atom. The van der Waals surface area contributed by atoms with E-state index in [2.05, 4.69) is 86.2 Å². The van der Waals surface area contributed by atoms with Crippen LogP contribution in [0, 0.1) is 17.8 Å². The lowest BCUT2D eigenvalue weighted by Crippen LogP contribution is -2.66. The summed E-state index contributed by atoms with van der Waals surface area (Å²) in [5.74, 6) is -2.80. The van der Waals surface area contributed by atoms with E-state index in [0.29, 0.717) is 0 Å². The monoisotopic (exact) mass is 528 g/mol. The van der Waals surface area contributed by atoms with Gasteiger partial charge in [0.25, 0.3) is 0 Å². The third-order valence-electron chi connectivity index (χ3n) is 10.4. The van der Waals surface area contributed by atoms with Crippen LogP contribution in [0.1, 0.15) is 93.6 Å². The molecule has 0 saturated carbocycles. The Bertz CT molecular complexity index is 936. The topological polar surface area (TPSA) is 70.1 Å². The van der Waals surface area contributed by atoms with Crippen LogP contribution < -0.4 is 0 Å². The molecule has 0 aromatic heterocycles. The molecule has 0 amide bonds. The van der Waals surface area contributed by atoms with Crippen molar-refractivity contribution in [2.24, 2.45) is 17.8 Å². The Morgan fingerprint density at radius 1 is 0.842 bits per heavy atom. The highest BCUT2D eigenvalue weighted by Crippen LogP contribution is 2.53. The number of esters is 1. The highest BCUT2D eigenvalue weighted by Gasteiger charge is 2.57. The van der Waals surface area contributed by atoms with Crippen molar-refractivity contribution in [3.8, 4) is 0 Å². The average molecular weight is 529 g/mol. The number of aliphatic carboxylic acids is 1. The van der Waals surface area contributed by atoms with E-state index in [1.54, 1.807) is 0 Å². The van der Waals surface area contributed by atoms with Crippen molar-refractivity contribution in [2.45, 2.75) is 122 Å². The van der Waals surface area contributed by atoms with Crippen molar-refractivity contribution in [1.29, 1.82) is 0 Å². The van der Waals surface area contributed by atoms with Gasteiger partial charge in [0.2, 0.25) is 0 Å². The van der Waals surface area contributed by atoms with E-state index < -0.39 is 23.5 Å². The van der Waals surface area contributed by atoms with Crippen LogP contribution in [-0.4, -0.2) is 68.7 Å². The molecule has 214 valence electrons. The van der Waals surface area contributed by atoms with Crippen molar-refractivity contribution in [1.82, 2.24) is 9.80 Å². The van der Waals surface area contributed by atoms with Gasteiger partial charge >= 0.3 is 11.9 Å². The smallest absolute Gasteiger partial charge is 0.321 e. The molecular weight excluding hydrogens is 476 g/mol. The SMILES string of the molecule is CN1C(C)(C)CC(C(C)(OC(=O)C(Cc2ccccc2)C(=O)O)C2CC(C)(C)N(C)C(C)(C)C2)CC1(C)C. The average Bonchev–Trinajstić information content (AvgIpc) is 2.78. The lowest BCUT2D eigenvalue weighted by molar-refractivity contribution is -0.202. The molecule has 1 unspecified atom stereocenters. The van der Waals surface area contributed by atoms with Crippen LogP contribution in [-0.2, 0) is 20.7 Å². The van der Waals surface area contributed by atoms with Gasteiger partial charge in [-0.1, -0.05) is 30.3 Å². The summed E-state index contributed by atoms with van der Waals surface area (Å²) in [6, 6.07) is 9.37. The number of carboxylic acid groups (broad SMARTS) is 1. The number of piperidine rings is 2. The minimum Gasteiger partial charge on any atom is -0.481 e. The van der Waals surface area contributed by atoms with Crippen molar-refractivity contribution < 1.29 is 19.4 Å². The highest BCUT2D eigenvalue weighted by molar-refractivity contribution is 5.94. The number of hydrogen-bond donors (Lipinski definition) is 1. The molecule has 0 bridgehead atoms. The Balaban J connectivity index is 2.05. The minimum atomic E-state index is -1.24. The zero-order valence-corrected chi connectivity index (χ0v) is 25.7. The number of carbonyl (C=O) groups excluding carboxylic acids is 1.